The lowest BCUT2D eigenvalue weighted by Gasteiger charge is -2.21. The lowest BCUT2D eigenvalue weighted by Crippen LogP contribution is -2.21. The molecule has 0 saturated heterocycles. The summed E-state index contributed by atoms with van der Waals surface area (Å²) in [6.07, 6.45) is 6.41. The zero-order valence-electron chi connectivity index (χ0n) is 5.84. The Hall–Kier alpha value is -0.760. The molecular weight excluding hydrogens is 126 g/mol. The normalized spacial score (nSPS) is 24.0. The van der Waals surface area contributed by atoms with E-state index in [1.165, 1.54) is 11.3 Å². The summed E-state index contributed by atoms with van der Waals surface area (Å²) < 4.78 is 5.18. The molecule has 0 amide bonds. The molecule has 0 spiro atoms. The Morgan fingerprint density at radius 1 is 1.30 bits per heavy atom. The van der Waals surface area contributed by atoms with Crippen LogP contribution >= 0.6 is 0 Å². The number of rotatable bonds is 0. The van der Waals surface area contributed by atoms with E-state index in [-0.39, 0.29) is 0 Å². The van der Waals surface area contributed by atoms with E-state index in [1.54, 1.807) is 0 Å². The van der Waals surface area contributed by atoms with Crippen molar-refractivity contribution in [3.05, 3.63) is 23.4 Å². The van der Waals surface area contributed by atoms with Gasteiger partial charge in [-0.1, -0.05) is 12.2 Å². The Labute approximate surface area is 60.6 Å². The summed E-state index contributed by atoms with van der Waals surface area (Å²) in [5.74, 6) is 0. The van der Waals surface area contributed by atoms with Gasteiger partial charge in [-0.05, 0) is 12.0 Å². The standard InChI is InChI=1S/C8H10NO/c1-2-4-8-7(3-1)5-10-6-9-8/h1-2H,3-6H2. The van der Waals surface area contributed by atoms with Crippen molar-refractivity contribution in [1.82, 2.24) is 5.32 Å². The van der Waals surface area contributed by atoms with Crippen molar-refractivity contribution in [3.8, 4) is 0 Å². The van der Waals surface area contributed by atoms with Crippen LogP contribution in [0.4, 0.5) is 0 Å². The first-order chi connectivity index (χ1) is 4.97. The van der Waals surface area contributed by atoms with Gasteiger partial charge in [-0.15, -0.1) is 0 Å². The largest absolute Gasteiger partial charge is 0.355 e. The van der Waals surface area contributed by atoms with Crippen LogP contribution in [0.15, 0.2) is 23.4 Å². The third kappa shape index (κ3) is 0.948. The van der Waals surface area contributed by atoms with Gasteiger partial charge in [-0.25, -0.2) is 0 Å². The van der Waals surface area contributed by atoms with E-state index in [1.807, 2.05) is 0 Å². The van der Waals surface area contributed by atoms with Crippen molar-refractivity contribution in [2.45, 2.75) is 12.8 Å². The quantitative estimate of drug-likeness (QED) is 0.459. The third-order valence-electron chi connectivity index (χ3n) is 1.87. The summed E-state index contributed by atoms with van der Waals surface area (Å²) in [6, 6.07) is 0. The molecule has 0 N–H and O–H groups in total. The van der Waals surface area contributed by atoms with Crippen LogP contribution < -0.4 is 5.32 Å². The van der Waals surface area contributed by atoms with Gasteiger partial charge in [0.05, 0.1) is 6.61 Å². The Kier molecular flexibility index (Phi) is 1.47. The fraction of sp³-hybridized carbons (Fsp3) is 0.500. The van der Waals surface area contributed by atoms with E-state index in [9.17, 15) is 0 Å². The molecular formula is C8H10NO. The molecule has 0 aromatic rings. The highest BCUT2D eigenvalue weighted by atomic mass is 16.5. The Bertz CT molecular complexity index is 173. The molecule has 0 atom stereocenters. The molecule has 1 heterocycles. The molecule has 2 rings (SSSR count). The molecule has 53 valence electrons. The summed E-state index contributed by atoms with van der Waals surface area (Å²) in [4.78, 5) is 0. The molecule has 2 heteroatoms. The van der Waals surface area contributed by atoms with E-state index in [4.69, 9.17) is 4.74 Å². The van der Waals surface area contributed by atoms with Crippen LogP contribution in [0.1, 0.15) is 12.8 Å². The zero-order valence-corrected chi connectivity index (χ0v) is 5.84. The number of hydrogen-bond acceptors (Lipinski definition) is 1. The van der Waals surface area contributed by atoms with Crippen molar-refractivity contribution in [3.63, 3.8) is 0 Å². The maximum atomic E-state index is 5.18. The van der Waals surface area contributed by atoms with E-state index in [0.717, 1.165) is 19.4 Å². The molecule has 0 saturated carbocycles. The third-order valence-corrected chi connectivity index (χ3v) is 1.87. The fourth-order valence-electron chi connectivity index (χ4n) is 1.29. The molecule has 0 fully saturated rings. The van der Waals surface area contributed by atoms with Crippen molar-refractivity contribution in [1.29, 1.82) is 0 Å². The monoisotopic (exact) mass is 136 g/mol. The second-order valence-corrected chi connectivity index (χ2v) is 2.57. The molecule has 0 unspecified atom stereocenters. The number of allylic oxidation sites excluding steroid dienone is 2. The molecule has 1 radical (unpaired) electrons. The summed E-state index contributed by atoms with van der Waals surface area (Å²) in [5.41, 5.74) is 2.63. The van der Waals surface area contributed by atoms with Gasteiger partial charge in [0.15, 0.2) is 0 Å². The van der Waals surface area contributed by atoms with Gasteiger partial charge in [-0.3, -0.25) is 5.32 Å². The van der Waals surface area contributed by atoms with Crippen molar-refractivity contribution < 1.29 is 4.74 Å². The molecule has 1 aliphatic carbocycles. The average molecular weight is 136 g/mol. The Morgan fingerprint density at radius 2 is 2.20 bits per heavy atom. The highest BCUT2D eigenvalue weighted by molar-refractivity contribution is 5.24. The highest BCUT2D eigenvalue weighted by Crippen LogP contribution is 2.20. The van der Waals surface area contributed by atoms with E-state index in [2.05, 4.69) is 17.5 Å². The maximum absolute atomic E-state index is 5.18. The Balaban J connectivity index is 2.17. The van der Waals surface area contributed by atoms with Gasteiger partial charge >= 0.3 is 0 Å². The maximum Gasteiger partial charge on any atom is 0.138 e. The Morgan fingerprint density at radius 3 is 3.10 bits per heavy atom. The summed E-state index contributed by atoms with van der Waals surface area (Å²) in [7, 11) is 0. The van der Waals surface area contributed by atoms with Crippen LogP contribution in [0.3, 0.4) is 0 Å². The van der Waals surface area contributed by atoms with Crippen LogP contribution in [0, 0.1) is 0 Å². The number of nitrogens with zero attached hydrogens (tertiary/aromatic N) is 1. The van der Waals surface area contributed by atoms with Crippen LogP contribution in [-0.4, -0.2) is 13.3 Å². The predicted octanol–water partition coefficient (Wildman–Crippen LogP) is 1.18. The lowest BCUT2D eigenvalue weighted by atomic mass is 10.0. The van der Waals surface area contributed by atoms with Crippen molar-refractivity contribution in [2.75, 3.05) is 13.3 Å². The molecule has 0 aromatic heterocycles. The number of ether oxygens (including phenoxy) is 1. The second-order valence-electron chi connectivity index (χ2n) is 2.57. The summed E-state index contributed by atoms with van der Waals surface area (Å²) in [6.45, 7) is 1.36. The molecule has 2 nitrogen and oxygen atoms in total. The zero-order chi connectivity index (χ0) is 6.81. The van der Waals surface area contributed by atoms with Crippen molar-refractivity contribution >= 4 is 0 Å². The molecule has 2 aliphatic rings. The van der Waals surface area contributed by atoms with E-state index in [0.29, 0.717) is 6.73 Å². The molecule has 10 heavy (non-hydrogen) atoms. The van der Waals surface area contributed by atoms with E-state index < -0.39 is 0 Å². The molecule has 0 bridgehead atoms. The minimum atomic E-state index is 0.562. The summed E-state index contributed by atoms with van der Waals surface area (Å²) in [5, 5.41) is 4.26. The van der Waals surface area contributed by atoms with Gasteiger partial charge in [-0.2, -0.15) is 0 Å². The first-order valence-electron chi connectivity index (χ1n) is 3.58. The highest BCUT2D eigenvalue weighted by Gasteiger charge is 2.13. The first kappa shape index (κ1) is 5.98. The van der Waals surface area contributed by atoms with Crippen molar-refractivity contribution in [2.24, 2.45) is 0 Å². The average Bonchev–Trinajstić information content (AvgIpc) is 2.05. The minimum absolute atomic E-state index is 0.562. The van der Waals surface area contributed by atoms with Gasteiger partial charge in [0.25, 0.3) is 0 Å². The lowest BCUT2D eigenvalue weighted by molar-refractivity contribution is 0.124. The topological polar surface area (TPSA) is 23.3 Å². The fourth-order valence-corrected chi connectivity index (χ4v) is 1.29. The van der Waals surface area contributed by atoms with Gasteiger partial charge in [0.2, 0.25) is 0 Å². The van der Waals surface area contributed by atoms with Gasteiger partial charge in [0, 0.05) is 12.1 Å². The van der Waals surface area contributed by atoms with Crippen LogP contribution in [0.2, 0.25) is 0 Å². The second kappa shape index (κ2) is 2.46. The molecule has 0 aromatic carbocycles. The number of hydrogen-bond donors (Lipinski definition) is 0. The van der Waals surface area contributed by atoms with Crippen LogP contribution in [-0.2, 0) is 4.74 Å². The van der Waals surface area contributed by atoms with Gasteiger partial charge < -0.3 is 4.74 Å². The minimum Gasteiger partial charge on any atom is -0.355 e. The predicted molar refractivity (Wildman–Crippen MR) is 38.4 cm³/mol. The molecule has 1 aliphatic heterocycles. The van der Waals surface area contributed by atoms with Crippen LogP contribution in [0.25, 0.3) is 0 Å². The SMILES string of the molecule is C1=CCC2=C(C1)COC[N]2. The smallest absolute Gasteiger partial charge is 0.138 e. The van der Waals surface area contributed by atoms with Gasteiger partial charge in [0.1, 0.15) is 6.73 Å². The summed E-state index contributed by atoms with van der Waals surface area (Å²) >= 11 is 0. The van der Waals surface area contributed by atoms with E-state index >= 15 is 0 Å². The first-order valence-corrected chi connectivity index (χ1v) is 3.58. The van der Waals surface area contributed by atoms with Crippen LogP contribution in [0.5, 0.6) is 0 Å².